The minimum absolute atomic E-state index is 0.104. The minimum atomic E-state index is -1.17. The monoisotopic (exact) mass is 358 g/mol. The Labute approximate surface area is 152 Å². The highest BCUT2D eigenvalue weighted by molar-refractivity contribution is 6.00. The van der Waals surface area contributed by atoms with Crippen LogP contribution in [-0.4, -0.2) is 35.5 Å². The first-order valence-corrected chi connectivity index (χ1v) is 8.54. The molecule has 0 amide bonds. The first kappa shape index (κ1) is 18.2. The number of carbonyl (C=O) groups is 3. The van der Waals surface area contributed by atoms with Crippen LogP contribution in [0, 0.1) is 5.92 Å². The van der Waals surface area contributed by atoms with Crippen molar-refractivity contribution in [2.24, 2.45) is 5.92 Å². The lowest BCUT2D eigenvalue weighted by atomic mass is 9.82. The number of rotatable bonds is 2. The van der Waals surface area contributed by atoms with Crippen molar-refractivity contribution in [2.75, 3.05) is 0 Å². The molecule has 1 fully saturated rings. The second-order valence-electron chi connectivity index (χ2n) is 7.10. The highest BCUT2D eigenvalue weighted by Crippen LogP contribution is 2.42. The Bertz CT molecular complexity index is 799. The molecule has 6 heteroatoms. The van der Waals surface area contributed by atoms with Gasteiger partial charge in [-0.2, -0.15) is 0 Å². The summed E-state index contributed by atoms with van der Waals surface area (Å²) >= 11 is 0. The lowest BCUT2D eigenvalue weighted by Gasteiger charge is -2.31. The molecule has 2 bridgehead atoms. The van der Waals surface area contributed by atoms with Gasteiger partial charge in [-0.15, -0.1) is 0 Å². The Balaban J connectivity index is 2.05. The van der Waals surface area contributed by atoms with Crippen LogP contribution in [-0.2, 0) is 28.6 Å². The molecule has 4 atom stereocenters. The number of esters is 2. The average molecular weight is 358 g/mol. The third-order valence-corrected chi connectivity index (χ3v) is 5.19. The zero-order valence-corrected chi connectivity index (χ0v) is 15.3. The predicted octanol–water partition coefficient (Wildman–Crippen LogP) is 2.55. The summed E-state index contributed by atoms with van der Waals surface area (Å²) in [5.74, 6) is -1.35. The highest BCUT2D eigenvalue weighted by atomic mass is 16.6. The second kappa shape index (κ2) is 6.27. The number of hydrogen-bond donors (Lipinski definition) is 0. The third-order valence-electron chi connectivity index (χ3n) is 5.19. The van der Waals surface area contributed by atoms with Gasteiger partial charge in [0.1, 0.15) is 18.0 Å². The Morgan fingerprint density at radius 2 is 2.12 bits per heavy atom. The van der Waals surface area contributed by atoms with Crippen molar-refractivity contribution in [3.8, 4) is 0 Å². The molecule has 0 aromatic heterocycles. The van der Waals surface area contributed by atoms with E-state index in [1.165, 1.54) is 6.08 Å². The molecule has 0 aliphatic carbocycles. The predicted molar refractivity (Wildman–Crippen MR) is 92.8 cm³/mol. The summed E-state index contributed by atoms with van der Waals surface area (Å²) in [6, 6.07) is 0. The van der Waals surface area contributed by atoms with E-state index in [9.17, 15) is 14.4 Å². The van der Waals surface area contributed by atoms with Gasteiger partial charge in [0, 0.05) is 23.6 Å². The van der Waals surface area contributed by atoms with E-state index in [2.05, 4.69) is 6.58 Å². The SMILES string of the molecule is C=C1C(=O)O[C@@H]2/C=C(/C)C3=CC(=O)[C@@](C)(C[C@H](OC(=O)/C(C)=C/C)[C@@H]12)O3. The van der Waals surface area contributed by atoms with Gasteiger partial charge >= 0.3 is 11.9 Å². The van der Waals surface area contributed by atoms with Crippen LogP contribution in [0.2, 0.25) is 0 Å². The highest BCUT2D eigenvalue weighted by Gasteiger charge is 2.51. The molecule has 6 nitrogen and oxygen atoms in total. The van der Waals surface area contributed by atoms with E-state index in [1.54, 1.807) is 39.8 Å². The Morgan fingerprint density at radius 1 is 1.42 bits per heavy atom. The number of carbonyl (C=O) groups excluding carboxylic acids is 3. The van der Waals surface area contributed by atoms with Crippen LogP contribution < -0.4 is 0 Å². The average Bonchev–Trinajstić information content (AvgIpc) is 3.03. The fourth-order valence-electron chi connectivity index (χ4n) is 3.41. The number of hydrogen-bond acceptors (Lipinski definition) is 6. The van der Waals surface area contributed by atoms with Gasteiger partial charge in [0.25, 0.3) is 0 Å². The number of fused-ring (bicyclic) bond motifs is 3. The van der Waals surface area contributed by atoms with Crippen LogP contribution in [0.4, 0.5) is 0 Å². The van der Waals surface area contributed by atoms with Gasteiger partial charge in [-0.3, -0.25) is 4.79 Å². The second-order valence-corrected chi connectivity index (χ2v) is 7.10. The number of ether oxygens (including phenoxy) is 3. The molecule has 0 aromatic carbocycles. The van der Waals surface area contributed by atoms with Crippen LogP contribution in [0.1, 0.15) is 34.1 Å². The zero-order chi connectivity index (χ0) is 19.2. The van der Waals surface area contributed by atoms with Crippen LogP contribution in [0.3, 0.4) is 0 Å². The molecule has 3 aliphatic rings. The van der Waals surface area contributed by atoms with Crippen molar-refractivity contribution >= 4 is 17.7 Å². The summed E-state index contributed by atoms with van der Waals surface area (Å²) in [6.45, 7) is 10.6. The maximum absolute atomic E-state index is 12.5. The van der Waals surface area contributed by atoms with Gasteiger partial charge in [-0.25, -0.2) is 9.59 Å². The standard InChI is InChI=1S/C20H22O6/c1-6-10(2)18(22)25-15-9-20(5)16(21)8-13(26-20)11(3)7-14-17(15)12(4)19(23)24-14/h6-8,14-15,17H,4,9H2,1-3,5H3/b10-6+,11-7-/t14-,15+,17+,20-/m1/s1. The Morgan fingerprint density at radius 3 is 2.77 bits per heavy atom. The first-order chi connectivity index (χ1) is 12.2. The van der Waals surface area contributed by atoms with Crippen molar-refractivity contribution in [3.05, 3.63) is 47.3 Å². The molecule has 138 valence electrons. The lowest BCUT2D eigenvalue weighted by Crippen LogP contribution is -2.42. The van der Waals surface area contributed by atoms with E-state index in [0.717, 1.165) is 0 Å². The van der Waals surface area contributed by atoms with Crippen LogP contribution in [0.5, 0.6) is 0 Å². The molecule has 1 saturated heterocycles. The molecular formula is C20H22O6. The van der Waals surface area contributed by atoms with E-state index >= 15 is 0 Å². The van der Waals surface area contributed by atoms with Crippen molar-refractivity contribution < 1.29 is 28.6 Å². The molecule has 0 spiro atoms. The summed E-state index contributed by atoms with van der Waals surface area (Å²) in [6.07, 6.45) is 3.50. The fraction of sp³-hybridized carbons (Fsp3) is 0.450. The number of allylic oxidation sites excluding steroid dienone is 2. The van der Waals surface area contributed by atoms with Crippen molar-refractivity contribution in [1.82, 2.24) is 0 Å². The van der Waals surface area contributed by atoms with Crippen molar-refractivity contribution in [2.45, 2.75) is 51.9 Å². The zero-order valence-electron chi connectivity index (χ0n) is 15.3. The number of ketones is 1. The molecule has 0 unspecified atom stereocenters. The maximum atomic E-state index is 12.5. The smallest absolute Gasteiger partial charge is 0.334 e. The molecule has 0 N–H and O–H groups in total. The summed E-state index contributed by atoms with van der Waals surface area (Å²) in [4.78, 5) is 36.9. The third kappa shape index (κ3) is 2.89. The molecule has 26 heavy (non-hydrogen) atoms. The fourth-order valence-corrected chi connectivity index (χ4v) is 3.41. The van der Waals surface area contributed by atoms with Gasteiger partial charge in [0.05, 0.1) is 5.92 Å². The van der Waals surface area contributed by atoms with Gasteiger partial charge in [0.15, 0.2) is 5.60 Å². The van der Waals surface area contributed by atoms with E-state index < -0.39 is 35.7 Å². The summed E-state index contributed by atoms with van der Waals surface area (Å²) in [5.41, 5.74) is 0.195. The van der Waals surface area contributed by atoms with Crippen molar-refractivity contribution in [1.29, 1.82) is 0 Å². The van der Waals surface area contributed by atoms with Crippen LogP contribution in [0.25, 0.3) is 0 Å². The molecular weight excluding hydrogens is 336 g/mol. The van der Waals surface area contributed by atoms with Gasteiger partial charge in [-0.05, 0) is 39.3 Å². The van der Waals surface area contributed by atoms with Gasteiger partial charge in [-0.1, -0.05) is 12.7 Å². The largest absolute Gasteiger partial charge is 0.479 e. The Kier molecular flexibility index (Phi) is 4.38. The van der Waals surface area contributed by atoms with E-state index in [1.807, 2.05) is 0 Å². The van der Waals surface area contributed by atoms with Crippen LogP contribution >= 0.6 is 0 Å². The van der Waals surface area contributed by atoms with Crippen molar-refractivity contribution in [3.63, 3.8) is 0 Å². The van der Waals surface area contributed by atoms with E-state index in [0.29, 0.717) is 16.9 Å². The van der Waals surface area contributed by atoms with Gasteiger partial charge < -0.3 is 14.2 Å². The first-order valence-electron chi connectivity index (χ1n) is 8.54. The molecule has 0 aromatic rings. The van der Waals surface area contributed by atoms with E-state index in [-0.39, 0.29) is 17.8 Å². The maximum Gasteiger partial charge on any atom is 0.334 e. The summed E-state index contributed by atoms with van der Waals surface area (Å²) in [7, 11) is 0. The minimum Gasteiger partial charge on any atom is -0.479 e. The molecule has 0 radical (unpaired) electrons. The van der Waals surface area contributed by atoms with Crippen LogP contribution in [0.15, 0.2) is 47.3 Å². The molecule has 3 rings (SSSR count). The molecule has 3 aliphatic heterocycles. The summed E-state index contributed by atoms with van der Waals surface area (Å²) < 4.78 is 17.0. The quantitative estimate of drug-likeness (QED) is 0.558. The topological polar surface area (TPSA) is 78.9 Å². The Hall–Kier alpha value is -2.63. The van der Waals surface area contributed by atoms with E-state index in [4.69, 9.17) is 14.2 Å². The normalized spacial score (nSPS) is 35.9. The lowest BCUT2D eigenvalue weighted by molar-refractivity contribution is -0.153. The molecule has 3 heterocycles. The molecule has 0 saturated carbocycles. The van der Waals surface area contributed by atoms with Gasteiger partial charge in [0.2, 0.25) is 5.78 Å². The summed E-state index contributed by atoms with van der Waals surface area (Å²) in [5, 5.41) is 0.